The van der Waals surface area contributed by atoms with Crippen LogP contribution in [0.5, 0.6) is 11.5 Å². The summed E-state index contributed by atoms with van der Waals surface area (Å²) in [6.07, 6.45) is 1.09. The van der Waals surface area contributed by atoms with Gasteiger partial charge < -0.3 is 9.47 Å². The third kappa shape index (κ3) is 4.42. The van der Waals surface area contributed by atoms with E-state index in [0.717, 1.165) is 29.7 Å². The highest BCUT2D eigenvalue weighted by atomic mass is 16.7. The van der Waals surface area contributed by atoms with Gasteiger partial charge in [-0.3, -0.25) is 19.3 Å². The summed E-state index contributed by atoms with van der Waals surface area (Å²) in [5.74, 6) is -0.00444. The summed E-state index contributed by atoms with van der Waals surface area (Å²) < 4.78 is 11.5. The summed E-state index contributed by atoms with van der Waals surface area (Å²) in [4.78, 5) is 34.6. The highest BCUT2D eigenvalue weighted by Crippen LogP contribution is 2.48. The van der Waals surface area contributed by atoms with Gasteiger partial charge in [-0.1, -0.05) is 67.9 Å². The molecule has 2 aliphatic rings. The Bertz CT molecular complexity index is 1220. The lowest BCUT2D eigenvalue weighted by atomic mass is 9.90. The van der Waals surface area contributed by atoms with E-state index in [4.69, 9.17) is 14.3 Å². The summed E-state index contributed by atoms with van der Waals surface area (Å²) in [6.45, 7) is 2.93. The molecule has 2 amide bonds. The Kier molecular flexibility index (Phi) is 6.91. The maximum Gasteiger partial charge on any atom is 0.262 e. The second-order valence-electron chi connectivity index (χ2n) is 9.02. The van der Waals surface area contributed by atoms with Crippen molar-refractivity contribution >= 4 is 17.5 Å². The highest BCUT2D eigenvalue weighted by molar-refractivity contribution is 6.07. The number of methoxy groups -OCH3 is 1. The van der Waals surface area contributed by atoms with Gasteiger partial charge in [0, 0.05) is 0 Å². The number of amides is 2. The Balaban J connectivity index is 1.50. The van der Waals surface area contributed by atoms with Crippen molar-refractivity contribution in [3.8, 4) is 11.5 Å². The number of para-hydroxylation sites is 1. The smallest absolute Gasteiger partial charge is 0.262 e. The number of nitrogens with zero attached hydrogens (tertiary/aromatic N) is 2. The van der Waals surface area contributed by atoms with Crippen LogP contribution in [-0.2, 0) is 21.0 Å². The number of unbranched alkanes of at least 4 members (excludes halogenated alkanes) is 1. The van der Waals surface area contributed by atoms with Gasteiger partial charge in [0.05, 0.1) is 32.0 Å². The molecule has 0 N–H and O–H groups in total. The largest absolute Gasteiger partial charge is 0.493 e. The molecule has 7 nitrogen and oxygen atoms in total. The lowest BCUT2D eigenvalue weighted by molar-refractivity contribution is -0.143. The predicted molar refractivity (Wildman–Crippen MR) is 135 cm³/mol. The second kappa shape index (κ2) is 10.4. The quantitative estimate of drug-likeness (QED) is 0.316. The number of ether oxygens (including phenoxy) is 2. The van der Waals surface area contributed by atoms with Gasteiger partial charge >= 0.3 is 0 Å². The number of hydrogen-bond acceptors (Lipinski definition) is 6. The monoisotopic (exact) mass is 486 g/mol. The van der Waals surface area contributed by atoms with E-state index in [1.54, 1.807) is 12.2 Å². The lowest BCUT2D eigenvalue weighted by Gasteiger charge is -2.29. The van der Waals surface area contributed by atoms with Gasteiger partial charge in [0.2, 0.25) is 5.91 Å². The number of hydroxylamine groups is 1. The molecule has 3 unspecified atom stereocenters. The first-order valence-corrected chi connectivity index (χ1v) is 12.3. The van der Waals surface area contributed by atoms with E-state index in [1.165, 1.54) is 4.90 Å². The van der Waals surface area contributed by atoms with Crippen molar-refractivity contribution in [2.75, 3.05) is 18.8 Å². The molecule has 0 spiro atoms. The van der Waals surface area contributed by atoms with Gasteiger partial charge in [-0.25, -0.2) is 5.06 Å². The zero-order valence-electron chi connectivity index (χ0n) is 20.5. The van der Waals surface area contributed by atoms with Gasteiger partial charge in [-0.05, 0) is 41.8 Å². The minimum absolute atomic E-state index is 0.223. The van der Waals surface area contributed by atoms with E-state index in [-0.39, 0.29) is 18.4 Å². The number of rotatable bonds is 9. The highest BCUT2D eigenvalue weighted by Gasteiger charge is 2.59. The molecule has 3 aromatic carbocycles. The Morgan fingerprint density at radius 3 is 2.31 bits per heavy atom. The Morgan fingerprint density at radius 2 is 1.61 bits per heavy atom. The maximum atomic E-state index is 13.7. The number of imide groups is 1. The van der Waals surface area contributed by atoms with Crippen LogP contribution >= 0.6 is 0 Å². The van der Waals surface area contributed by atoms with Crippen LogP contribution in [0.25, 0.3) is 0 Å². The van der Waals surface area contributed by atoms with Gasteiger partial charge in [-0.2, -0.15) is 0 Å². The van der Waals surface area contributed by atoms with Crippen LogP contribution in [0.15, 0.2) is 78.9 Å². The van der Waals surface area contributed by atoms with Crippen LogP contribution in [-0.4, -0.2) is 36.5 Å². The second-order valence-corrected chi connectivity index (χ2v) is 9.02. The van der Waals surface area contributed by atoms with Gasteiger partial charge in [-0.15, -0.1) is 0 Å². The van der Waals surface area contributed by atoms with Crippen molar-refractivity contribution in [1.29, 1.82) is 0 Å². The molecule has 0 radical (unpaired) electrons. The van der Waals surface area contributed by atoms with Crippen molar-refractivity contribution in [2.24, 2.45) is 5.92 Å². The standard InChI is InChI=1S/C29H30N2O5/c1-3-4-17-35-23-16-15-21(18-24(23)34-2)26-25-27(36-31(26)22-13-9-6-10-14-22)29(33)30(28(25)32)19-20-11-7-5-8-12-20/h5-16,18,25-27H,3-4,17,19H2,1-2H3. The number of anilines is 1. The van der Waals surface area contributed by atoms with Gasteiger partial charge in [0.15, 0.2) is 17.6 Å². The van der Waals surface area contributed by atoms with Crippen molar-refractivity contribution in [1.82, 2.24) is 4.90 Å². The molecule has 2 fully saturated rings. The normalized spacial score (nSPS) is 21.1. The number of carbonyl (C=O) groups excluding carboxylic acids is 2. The first kappa shape index (κ1) is 23.9. The zero-order chi connectivity index (χ0) is 25.1. The molecule has 2 aliphatic heterocycles. The van der Waals surface area contributed by atoms with Gasteiger partial charge in [0.25, 0.3) is 5.91 Å². The first-order valence-electron chi connectivity index (χ1n) is 12.3. The Morgan fingerprint density at radius 1 is 0.889 bits per heavy atom. The van der Waals surface area contributed by atoms with Crippen LogP contribution in [0.3, 0.4) is 0 Å². The maximum absolute atomic E-state index is 13.7. The molecule has 0 saturated carbocycles. The van der Waals surface area contributed by atoms with E-state index in [0.29, 0.717) is 18.1 Å². The molecule has 186 valence electrons. The summed E-state index contributed by atoms with van der Waals surface area (Å²) in [5, 5.41) is 1.69. The summed E-state index contributed by atoms with van der Waals surface area (Å²) in [5.41, 5.74) is 2.48. The minimum Gasteiger partial charge on any atom is -0.493 e. The topological polar surface area (TPSA) is 68.3 Å². The molecule has 3 aromatic rings. The van der Waals surface area contributed by atoms with Crippen LogP contribution in [0.4, 0.5) is 5.69 Å². The third-order valence-electron chi connectivity index (χ3n) is 6.69. The van der Waals surface area contributed by atoms with Crippen molar-refractivity contribution in [3.05, 3.63) is 90.0 Å². The molecule has 2 heterocycles. The summed E-state index contributed by atoms with van der Waals surface area (Å²) >= 11 is 0. The molecule has 36 heavy (non-hydrogen) atoms. The van der Waals surface area contributed by atoms with Crippen molar-refractivity contribution in [3.63, 3.8) is 0 Å². The SMILES string of the molecule is CCCCOc1ccc(C2C3C(=O)N(Cc4ccccc4)C(=O)C3ON2c2ccccc2)cc1OC. The van der Waals surface area contributed by atoms with Crippen LogP contribution in [0.1, 0.15) is 36.9 Å². The number of fused-ring (bicyclic) bond motifs is 1. The van der Waals surface area contributed by atoms with E-state index >= 15 is 0 Å². The molecule has 0 bridgehead atoms. The molecule has 2 saturated heterocycles. The summed E-state index contributed by atoms with van der Waals surface area (Å²) in [6, 6.07) is 24.2. The zero-order valence-corrected chi connectivity index (χ0v) is 20.5. The molecular formula is C29H30N2O5. The molecule has 5 rings (SSSR count). The number of carbonyl (C=O) groups is 2. The number of benzene rings is 3. The Hall–Kier alpha value is -3.84. The van der Waals surface area contributed by atoms with E-state index in [1.807, 2.05) is 78.9 Å². The molecular weight excluding hydrogens is 456 g/mol. The molecule has 0 aromatic heterocycles. The number of likely N-dealkylation sites (tertiary alicyclic amines) is 1. The van der Waals surface area contributed by atoms with Crippen LogP contribution in [0.2, 0.25) is 0 Å². The fraction of sp³-hybridized carbons (Fsp3) is 0.310. The predicted octanol–water partition coefficient (Wildman–Crippen LogP) is 4.92. The lowest BCUT2D eigenvalue weighted by Crippen LogP contribution is -2.36. The van der Waals surface area contributed by atoms with Crippen LogP contribution < -0.4 is 14.5 Å². The van der Waals surface area contributed by atoms with E-state index < -0.39 is 18.1 Å². The average Bonchev–Trinajstić information content (AvgIpc) is 3.42. The van der Waals surface area contributed by atoms with E-state index in [9.17, 15) is 9.59 Å². The average molecular weight is 487 g/mol. The summed E-state index contributed by atoms with van der Waals surface area (Å²) in [7, 11) is 1.60. The molecule has 0 aliphatic carbocycles. The van der Waals surface area contributed by atoms with Crippen LogP contribution in [0, 0.1) is 5.92 Å². The minimum atomic E-state index is -0.891. The third-order valence-corrected chi connectivity index (χ3v) is 6.69. The fourth-order valence-electron chi connectivity index (χ4n) is 4.85. The van der Waals surface area contributed by atoms with E-state index in [2.05, 4.69) is 6.92 Å². The fourth-order valence-corrected chi connectivity index (χ4v) is 4.85. The number of hydrogen-bond donors (Lipinski definition) is 0. The Labute approximate surface area is 211 Å². The van der Waals surface area contributed by atoms with Gasteiger partial charge in [0.1, 0.15) is 5.92 Å². The first-order chi connectivity index (χ1) is 17.6. The van der Waals surface area contributed by atoms with Crippen molar-refractivity contribution in [2.45, 2.75) is 38.5 Å². The molecule has 3 atom stereocenters. The van der Waals surface area contributed by atoms with Crippen molar-refractivity contribution < 1.29 is 23.9 Å². The molecule has 7 heteroatoms.